The van der Waals surface area contributed by atoms with E-state index in [1.54, 1.807) is 6.92 Å². The van der Waals surface area contributed by atoms with Crippen molar-refractivity contribution < 1.29 is 4.79 Å². The van der Waals surface area contributed by atoms with E-state index in [4.69, 9.17) is 23.2 Å². The SMILES string of the molecule is CC(C)(Cl)[C@@H]1CC[C@@](C)(Cl)C(=O)C1. The maximum absolute atomic E-state index is 11.6. The second-order valence-corrected chi connectivity index (χ2v) is 6.43. The molecule has 0 aromatic carbocycles. The van der Waals surface area contributed by atoms with Gasteiger partial charge in [0.2, 0.25) is 0 Å². The number of halogens is 2. The molecule has 1 aliphatic carbocycles. The fourth-order valence-corrected chi connectivity index (χ4v) is 2.08. The fourth-order valence-electron chi connectivity index (χ4n) is 1.71. The number of hydrogen-bond donors (Lipinski definition) is 0. The summed E-state index contributed by atoms with van der Waals surface area (Å²) >= 11 is 12.2. The van der Waals surface area contributed by atoms with E-state index in [2.05, 4.69) is 0 Å². The summed E-state index contributed by atoms with van der Waals surface area (Å²) in [7, 11) is 0. The molecule has 1 nitrogen and oxygen atoms in total. The lowest BCUT2D eigenvalue weighted by atomic mass is 9.76. The lowest BCUT2D eigenvalue weighted by molar-refractivity contribution is -0.124. The Balaban J connectivity index is 2.67. The van der Waals surface area contributed by atoms with E-state index >= 15 is 0 Å². The summed E-state index contributed by atoms with van der Waals surface area (Å²) in [4.78, 5) is 10.7. The second kappa shape index (κ2) is 3.43. The minimum atomic E-state index is -0.640. The van der Waals surface area contributed by atoms with Crippen molar-refractivity contribution in [2.75, 3.05) is 0 Å². The van der Waals surface area contributed by atoms with E-state index in [0.29, 0.717) is 6.42 Å². The predicted octanol–water partition coefficient (Wildman–Crippen LogP) is 3.37. The number of alkyl halides is 2. The third kappa shape index (κ3) is 2.60. The van der Waals surface area contributed by atoms with Gasteiger partial charge in [0.05, 0.1) is 4.87 Å². The van der Waals surface area contributed by atoms with Crippen molar-refractivity contribution in [3.63, 3.8) is 0 Å². The van der Waals surface area contributed by atoms with E-state index in [-0.39, 0.29) is 16.6 Å². The molecular formula is C10H16Cl2O. The monoisotopic (exact) mass is 222 g/mol. The van der Waals surface area contributed by atoms with Crippen molar-refractivity contribution in [3.05, 3.63) is 0 Å². The van der Waals surface area contributed by atoms with E-state index in [1.165, 1.54) is 0 Å². The molecule has 1 aliphatic rings. The van der Waals surface area contributed by atoms with Crippen molar-refractivity contribution in [1.82, 2.24) is 0 Å². The second-order valence-electron chi connectivity index (χ2n) is 4.62. The van der Waals surface area contributed by atoms with Crippen molar-refractivity contribution in [1.29, 1.82) is 0 Å². The van der Waals surface area contributed by atoms with Gasteiger partial charge in [-0.2, -0.15) is 0 Å². The number of ketones is 1. The van der Waals surface area contributed by atoms with Gasteiger partial charge in [-0.25, -0.2) is 0 Å². The van der Waals surface area contributed by atoms with Crippen LogP contribution in [0.4, 0.5) is 0 Å². The number of hydrogen-bond acceptors (Lipinski definition) is 1. The maximum Gasteiger partial charge on any atom is 0.153 e. The first kappa shape index (κ1) is 11.3. The topological polar surface area (TPSA) is 17.1 Å². The van der Waals surface area contributed by atoms with Gasteiger partial charge >= 0.3 is 0 Å². The summed E-state index contributed by atoms with van der Waals surface area (Å²) in [6.45, 7) is 5.72. The summed E-state index contributed by atoms with van der Waals surface area (Å²) in [5, 5.41) is 0. The number of carbonyl (C=O) groups is 1. The molecule has 0 heterocycles. The molecule has 3 heteroatoms. The van der Waals surface area contributed by atoms with Crippen LogP contribution in [-0.4, -0.2) is 15.5 Å². The van der Waals surface area contributed by atoms with Crippen LogP contribution in [0.15, 0.2) is 0 Å². The average molecular weight is 223 g/mol. The molecule has 0 spiro atoms. The highest BCUT2D eigenvalue weighted by molar-refractivity contribution is 6.35. The average Bonchev–Trinajstić information content (AvgIpc) is 1.92. The van der Waals surface area contributed by atoms with Crippen LogP contribution in [0.1, 0.15) is 40.0 Å². The molecule has 0 radical (unpaired) electrons. The van der Waals surface area contributed by atoms with Gasteiger partial charge in [-0.05, 0) is 39.5 Å². The zero-order valence-corrected chi connectivity index (χ0v) is 9.87. The largest absolute Gasteiger partial charge is 0.298 e. The predicted molar refractivity (Wildman–Crippen MR) is 56.5 cm³/mol. The van der Waals surface area contributed by atoms with Gasteiger partial charge < -0.3 is 0 Å². The zero-order valence-electron chi connectivity index (χ0n) is 8.36. The van der Waals surface area contributed by atoms with E-state index < -0.39 is 4.87 Å². The highest BCUT2D eigenvalue weighted by Gasteiger charge is 2.41. The normalized spacial score (nSPS) is 36.4. The van der Waals surface area contributed by atoms with Gasteiger partial charge in [-0.3, -0.25) is 4.79 Å². The van der Waals surface area contributed by atoms with Crippen molar-refractivity contribution in [2.45, 2.75) is 49.8 Å². The van der Waals surface area contributed by atoms with Gasteiger partial charge in [0.25, 0.3) is 0 Å². The number of rotatable bonds is 1. The minimum absolute atomic E-state index is 0.138. The Kier molecular flexibility index (Phi) is 2.99. The van der Waals surface area contributed by atoms with E-state index in [0.717, 1.165) is 12.8 Å². The van der Waals surface area contributed by atoms with Crippen LogP contribution in [0.5, 0.6) is 0 Å². The third-order valence-electron chi connectivity index (χ3n) is 2.95. The molecule has 0 aromatic heterocycles. The Labute approximate surface area is 89.8 Å². The van der Waals surface area contributed by atoms with Crippen molar-refractivity contribution >= 4 is 29.0 Å². The number of Topliss-reactive ketones (excluding diaryl/α,β-unsaturated/α-hetero) is 1. The van der Waals surface area contributed by atoms with Gasteiger partial charge in [-0.1, -0.05) is 0 Å². The Hall–Kier alpha value is 0.250. The summed E-state index contributed by atoms with van der Waals surface area (Å²) in [6, 6.07) is 0. The Morgan fingerprint density at radius 3 is 2.46 bits per heavy atom. The Morgan fingerprint density at radius 1 is 1.54 bits per heavy atom. The molecule has 1 fully saturated rings. The molecule has 0 amide bonds. The molecule has 76 valence electrons. The van der Waals surface area contributed by atoms with E-state index in [9.17, 15) is 4.79 Å². The van der Waals surface area contributed by atoms with Crippen LogP contribution >= 0.6 is 23.2 Å². The van der Waals surface area contributed by atoms with Crippen LogP contribution in [0, 0.1) is 5.92 Å². The van der Waals surface area contributed by atoms with Gasteiger partial charge in [-0.15, -0.1) is 23.2 Å². The Bertz CT molecular complexity index is 215. The van der Waals surface area contributed by atoms with Crippen molar-refractivity contribution in [3.8, 4) is 0 Å². The van der Waals surface area contributed by atoms with Gasteiger partial charge in [0, 0.05) is 11.3 Å². The lowest BCUT2D eigenvalue weighted by Crippen LogP contribution is -2.40. The molecule has 1 saturated carbocycles. The standard InChI is InChI=1S/C10H16Cl2O/c1-9(2,11)7-4-5-10(3,12)8(13)6-7/h7H,4-6H2,1-3H3/t7-,10-/m1/s1. The van der Waals surface area contributed by atoms with Crippen LogP contribution in [0.3, 0.4) is 0 Å². The van der Waals surface area contributed by atoms with Crippen LogP contribution in [-0.2, 0) is 4.79 Å². The Morgan fingerprint density at radius 2 is 2.08 bits per heavy atom. The van der Waals surface area contributed by atoms with Crippen LogP contribution < -0.4 is 0 Å². The maximum atomic E-state index is 11.6. The first-order valence-electron chi connectivity index (χ1n) is 4.64. The zero-order chi connectivity index (χ0) is 10.3. The van der Waals surface area contributed by atoms with Gasteiger partial charge in [0.15, 0.2) is 5.78 Å². The summed E-state index contributed by atoms with van der Waals surface area (Å²) in [6.07, 6.45) is 2.22. The molecular weight excluding hydrogens is 207 g/mol. The van der Waals surface area contributed by atoms with Gasteiger partial charge in [0.1, 0.15) is 0 Å². The minimum Gasteiger partial charge on any atom is -0.298 e. The first-order chi connectivity index (χ1) is 5.73. The number of carbonyl (C=O) groups excluding carboxylic acids is 1. The third-order valence-corrected chi connectivity index (χ3v) is 3.65. The summed E-state index contributed by atoms with van der Waals surface area (Å²) in [5.74, 6) is 0.410. The molecule has 13 heavy (non-hydrogen) atoms. The molecule has 1 rings (SSSR count). The molecule has 0 unspecified atom stereocenters. The highest BCUT2D eigenvalue weighted by atomic mass is 35.5. The summed E-state index contributed by atoms with van der Waals surface area (Å²) < 4.78 is 0. The molecule has 0 aromatic rings. The molecule has 0 N–H and O–H groups in total. The van der Waals surface area contributed by atoms with Crippen LogP contribution in [0.25, 0.3) is 0 Å². The molecule has 0 bridgehead atoms. The van der Waals surface area contributed by atoms with E-state index in [1.807, 2.05) is 13.8 Å². The highest BCUT2D eigenvalue weighted by Crippen LogP contribution is 2.40. The summed E-state index contributed by atoms with van der Waals surface area (Å²) in [5.41, 5.74) is 0. The lowest BCUT2D eigenvalue weighted by Gasteiger charge is -2.36. The molecule has 2 atom stereocenters. The fraction of sp³-hybridized carbons (Fsp3) is 0.900. The van der Waals surface area contributed by atoms with Crippen molar-refractivity contribution in [2.24, 2.45) is 5.92 Å². The quantitative estimate of drug-likeness (QED) is 0.623. The molecule has 0 aliphatic heterocycles. The smallest absolute Gasteiger partial charge is 0.153 e. The molecule has 0 saturated heterocycles. The van der Waals surface area contributed by atoms with Crippen LogP contribution in [0.2, 0.25) is 0 Å². The first-order valence-corrected chi connectivity index (χ1v) is 5.40.